The van der Waals surface area contributed by atoms with E-state index in [9.17, 15) is 4.79 Å². The van der Waals surface area contributed by atoms with Gasteiger partial charge in [0.05, 0.1) is 6.61 Å². The molecule has 0 atom stereocenters. The van der Waals surface area contributed by atoms with Crippen molar-refractivity contribution in [3.8, 4) is 0 Å². The third-order valence-electron chi connectivity index (χ3n) is 1.69. The Morgan fingerprint density at radius 1 is 1.27 bits per heavy atom. The second-order valence-corrected chi connectivity index (χ2v) is 2.90. The van der Waals surface area contributed by atoms with Crippen LogP contribution >= 0.6 is 0 Å². The van der Waals surface area contributed by atoms with Crippen LogP contribution in [0.1, 0.15) is 5.56 Å². The third-order valence-corrected chi connectivity index (χ3v) is 1.69. The van der Waals surface area contributed by atoms with Crippen LogP contribution in [0.5, 0.6) is 0 Å². The third kappa shape index (κ3) is 4.31. The van der Waals surface area contributed by atoms with Gasteiger partial charge >= 0.3 is 6.16 Å². The minimum atomic E-state index is -0.758. The first-order valence-electron chi connectivity index (χ1n) is 4.58. The molecule has 1 radical (unpaired) electrons. The second-order valence-electron chi connectivity index (χ2n) is 2.90. The van der Waals surface area contributed by atoms with Gasteiger partial charge in [0.1, 0.15) is 5.76 Å². The molecule has 1 aromatic rings. The van der Waals surface area contributed by atoms with E-state index in [0.717, 1.165) is 5.56 Å². The van der Waals surface area contributed by atoms with Crippen molar-refractivity contribution >= 4 is 6.16 Å². The van der Waals surface area contributed by atoms with Gasteiger partial charge < -0.3 is 9.47 Å². The van der Waals surface area contributed by atoms with Gasteiger partial charge in [-0.1, -0.05) is 36.9 Å². The average molecular weight is 205 g/mol. The van der Waals surface area contributed by atoms with Crippen LogP contribution in [-0.2, 0) is 15.9 Å². The number of allylic oxidation sites excluding steroid dienone is 1. The van der Waals surface area contributed by atoms with E-state index in [-0.39, 0.29) is 6.61 Å². The highest BCUT2D eigenvalue weighted by Gasteiger charge is 2.05. The van der Waals surface area contributed by atoms with Crippen LogP contribution in [0, 0.1) is 6.92 Å². The molecule has 1 rings (SSSR count). The van der Waals surface area contributed by atoms with E-state index < -0.39 is 6.16 Å². The lowest BCUT2D eigenvalue weighted by Gasteiger charge is -2.06. The standard InChI is InChI=1S/C12H13O3/c1-3-14-12(13)15-10(2)9-11-7-5-4-6-8-11/h4-8H,1-3,9H2. The molecule has 0 bridgehead atoms. The summed E-state index contributed by atoms with van der Waals surface area (Å²) in [6, 6.07) is 9.61. The van der Waals surface area contributed by atoms with Crippen LogP contribution in [0.3, 0.4) is 0 Å². The summed E-state index contributed by atoms with van der Waals surface area (Å²) in [4.78, 5) is 10.9. The van der Waals surface area contributed by atoms with Crippen LogP contribution < -0.4 is 0 Å². The summed E-state index contributed by atoms with van der Waals surface area (Å²) < 4.78 is 9.32. The number of carbonyl (C=O) groups is 1. The number of hydrogen-bond acceptors (Lipinski definition) is 3. The van der Waals surface area contributed by atoms with Gasteiger partial charge in [-0.15, -0.1) is 0 Å². The van der Waals surface area contributed by atoms with Gasteiger partial charge in [0.15, 0.2) is 0 Å². The predicted octanol–water partition coefficient (Wildman–Crippen LogP) is 2.73. The molecule has 3 heteroatoms. The number of hydrogen-bond donors (Lipinski definition) is 0. The van der Waals surface area contributed by atoms with Crippen molar-refractivity contribution in [3.05, 3.63) is 55.2 Å². The summed E-state index contributed by atoms with van der Waals surface area (Å²) in [5, 5.41) is 0. The summed E-state index contributed by atoms with van der Waals surface area (Å²) in [6.07, 6.45) is -0.265. The molecule has 0 amide bonds. The molecule has 1 aromatic carbocycles. The molecule has 0 spiro atoms. The Kier molecular flexibility index (Phi) is 4.41. The van der Waals surface area contributed by atoms with Gasteiger partial charge in [-0.2, -0.15) is 0 Å². The monoisotopic (exact) mass is 205 g/mol. The fourth-order valence-electron chi connectivity index (χ4n) is 1.09. The lowest BCUT2D eigenvalue weighted by molar-refractivity contribution is 0.0850. The summed E-state index contributed by atoms with van der Waals surface area (Å²) in [7, 11) is 0. The summed E-state index contributed by atoms with van der Waals surface area (Å²) >= 11 is 0. The molecule has 0 saturated heterocycles. The van der Waals surface area contributed by atoms with E-state index in [2.05, 4.69) is 18.2 Å². The largest absolute Gasteiger partial charge is 0.513 e. The Hall–Kier alpha value is -1.77. The molecule has 0 N–H and O–H groups in total. The van der Waals surface area contributed by atoms with E-state index in [1.807, 2.05) is 30.3 Å². The maximum atomic E-state index is 10.9. The maximum Gasteiger partial charge on any atom is 0.513 e. The summed E-state index contributed by atoms with van der Waals surface area (Å²) in [5.41, 5.74) is 1.03. The molecule has 0 unspecified atom stereocenters. The first kappa shape index (κ1) is 11.3. The molecule has 15 heavy (non-hydrogen) atoms. The Balaban J connectivity index is 2.40. The number of ether oxygens (including phenoxy) is 2. The zero-order chi connectivity index (χ0) is 11.1. The van der Waals surface area contributed by atoms with E-state index in [1.54, 1.807) is 0 Å². The van der Waals surface area contributed by atoms with Crippen molar-refractivity contribution in [2.45, 2.75) is 6.42 Å². The molecule has 0 heterocycles. The molecule has 3 nitrogen and oxygen atoms in total. The Morgan fingerprint density at radius 2 is 1.93 bits per heavy atom. The van der Waals surface area contributed by atoms with Crippen LogP contribution in [0.15, 0.2) is 42.7 Å². The Morgan fingerprint density at radius 3 is 2.53 bits per heavy atom. The van der Waals surface area contributed by atoms with Gasteiger partial charge in [0.25, 0.3) is 0 Å². The Bertz CT molecular complexity index is 330. The zero-order valence-corrected chi connectivity index (χ0v) is 8.44. The summed E-state index contributed by atoms with van der Waals surface area (Å²) in [5.74, 6) is 0.361. The molecular weight excluding hydrogens is 192 g/mol. The van der Waals surface area contributed by atoms with E-state index in [0.29, 0.717) is 12.2 Å². The highest BCUT2D eigenvalue weighted by Crippen LogP contribution is 2.07. The smallest absolute Gasteiger partial charge is 0.434 e. The lowest BCUT2D eigenvalue weighted by Crippen LogP contribution is -2.07. The van der Waals surface area contributed by atoms with Gasteiger partial charge in [0.2, 0.25) is 0 Å². The first-order chi connectivity index (χ1) is 7.22. The number of benzene rings is 1. The van der Waals surface area contributed by atoms with Crippen molar-refractivity contribution in [1.29, 1.82) is 0 Å². The highest BCUT2D eigenvalue weighted by molar-refractivity contribution is 5.61. The normalized spacial score (nSPS) is 9.40. The minimum Gasteiger partial charge on any atom is -0.434 e. The molecule has 0 aromatic heterocycles. The van der Waals surface area contributed by atoms with Gasteiger partial charge in [-0.3, -0.25) is 0 Å². The molecular formula is C12H13O3. The van der Waals surface area contributed by atoms with Crippen LogP contribution in [-0.4, -0.2) is 12.8 Å². The molecule has 0 fully saturated rings. The average Bonchev–Trinajstić information content (AvgIpc) is 2.19. The highest BCUT2D eigenvalue weighted by atomic mass is 16.7. The fraction of sp³-hybridized carbons (Fsp3) is 0.167. The van der Waals surface area contributed by atoms with E-state index in [1.165, 1.54) is 0 Å². The van der Waals surface area contributed by atoms with E-state index >= 15 is 0 Å². The predicted molar refractivity (Wildman–Crippen MR) is 57.1 cm³/mol. The topological polar surface area (TPSA) is 35.5 Å². The van der Waals surface area contributed by atoms with Crippen molar-refractivity contribution < 1.29 is 14.3 Å². The SMILES string of the molecule is [CH2]COC(=O)OC(=C)Cc1ccccc1. The van der Waals surface area contributed by atoms with Crippen molar-refractivity contribution in [2.24, 2.45) is 0 Å². The molecule has 0 saturated carbocycles. The quantitative estimate of drug-likeness (QED) is 0.560. The summed E-state index contributed by atoms with van der Waals surface area (Å²) in [6.45, 7) is 7.05. The molecule has 79 valence electrons. The molecule has 0 aliphatic heterocycles. The van der Waals surface area contributed by atoms with Crippen LogP contribution in [0.4, 0.5) is 4.79 Å². The van der Waals surface area contributed by atoms with Crippen LogP contribution in [0.2, 0.25) is 0 Å². The van der Waals surface area contributed by atoms with Crippen LogP contribution in [0.25, 0.3) is 0 Å². The maximum absolute atomic E-state index is 10.9. The van der Waals surface area contributed by atoms with Crippen molar-refractivity contribution in [2.75, 3.05) is 6.61 Å². The Labute approximate surface area is 89.3 Å². The lowest BCUT2D eigenvalue weighted by atomic mass is 10.1. The van der Waals surface area contributed by atoms with E-state index in [4.69, 9.17) is 4.74 Å². The zero-order valence-electron chi connectivity index (χ0n) is 8.44. The molecule has 0 aliphatic carbocycles. The number of rotatable bonds is 4. The van der Waals surface area contributed by atoms with Crippen molar-refractivity contribution in [1.82, 2.24) is 0 Å². The fourth-order valence-corrected chi connectivity index (χ4v) is 1.09. The van der Waals surface area contributed by atoms with Crippen molar-refractivity contribution in [3.63, 3.8) is 0 Å². The van der Waals surface area contributed by atoms with Gasteiger partial charge in [-0.25, -0.2) is 4.79 Å². The minimum absolute atomic E-state index is 0.0530. The second kappa shape index (κ2) is 5.86. The first-order valence-corrected chi connectivity index (χ1v) is 4.58. The molecule has 0 aliphatic rings. The number of carbonyl (C=O) groups excluding carboxylic acids is 1. The van der Waals surface area contributed by atoms with Gasteiger partial charge in [-0.05, 0) is 12.5 Å². The van der Waals surface area contributed by atoms with Gasteiger partial charge in [0, 0.05) is 6.42 Å².